The van der Waals surface area contributed by atoms with Crippen molar-refractivity contribution in [2.75, 3.05) is 25.0 Å². The predicted molar refractivity (Wildman–Crippen MR) is 126 cm³/mol. The highest BCUT2D eigenvalue weighted by atomic mass is 16.5. The number of carbonyl (C=O) groups is 2. The van der Waals surface area contributed by atoms with Crippen LogP contribution in [0.1, 0.15) is 29.7 Å². The van der Waals surface area contributed by atoms with Gasteiger partial charge in [0.2, 0.25) is 11.8 Å². The summed E-state index contributed by atoms with van der Waals surface area (Å²) in [7, 11) is 0. The molecule has 0 radical (unpaired) electrons. The number of fused-ring (bicyclic) bond motifs is 1. The van der Waals surface area contributed by atoms with Crippen LogP contribution >= 0.6 is 0 Å². The number of aromatic amines is 1. The summed E-state index contributed by atoms with van der Waals surface area (Å²) < 4.78 is 5.72. The van der Waals surface area contributed by atoms with E-state index in [9.17, 15) is 14.4 Å². The van der Waals surface area contributed by atoms with E-state index >= 15 is 0 Å². The number of amides is 2. The lowest BCUT2D eigenvalue weighted by atomic mass is 10.1. The zero-order valence-corrected chi connectivity index (χ0v) is 18.9. The summed E-state index contributed by atoms with van der Waals surface area (Å²) in [5.74, 6) is -0.513. The maximum absolute atomic E-state index is 13.3. The van der Waals surface area contributed by atoms with Crippen LogP contribution in [0.25, 0.3) is 10.8 Å². The number of aromatic nitrogens is 2. The van der Waals surface area contributed by atoms with Gasteiger partial charge in [-0.2, -0.15) is 5.10 Å². The highest BCUT2D eigenvalue weighted by Crippen LogP contribution is 2.19. The van der Waals surface area contributed by atoms with Gasteiger partial charge in [0.1, 0.15) is 0 Å². The van der Waals surface area contributed by atoms with Crippen LogP contribution in [0.4, 0.5) is 5.69 Å². The largest absolute Gasteiger partial charge is 0.376 e. The van der Waals surface area contributed by atoms with Gasteiger partial charge in [0.15, 0.2) is 0 Å². The van der Waals surface area contributed by atoms with Crippen molar-refractivity contribution in [2.45, 2.75) is 39.2 Å². The molecule has 4 rings (SSSR count). The molecule has 1 saturated heterocycles. The Kier molecular flexibility index (Phi) is 6.84. The summed E-state index contributed by atoms with van der Waals surface area (Å²) in [4.78, 5) is 39.8. The second kappa shape index (κ2) is 9.95. The second-order valence-electron chi connectivity index (χ2n) is 8.43. The lowest BCUT2D eigenvalue weighted by Crippen LogP contribution is -2.43. The molecule has 2 amide bonds. The number of ether oxygens (including phenoxy) is 1. The molecule has 1 fully saturated rings. The van der Waals surface area contributed by atoms with E-state index in [4.69, 9.17) is 4.74 Å². The van der Waals surface area contributed by atoms with Gasteiger partial charge in [0, 0.05) is 24.2 Å². The van der Waals surface area contributed by atoms with E-state index in [2.05, 4.69) is 15.5 Å². The van der Waals surface area contributed by atoms with Gasteiger partial charge in [0.25, 0.3) is 5.56 Å². The van der Waals surface area contributed by atoms with Crippen LogP contribution in [-0.4, -0.2) is 52.7 Å². The highest BCUT2D eigenvalue weighted by molar-refractivity contribution is 5.96. The van der Waals surface area contributed by atoms with Gasteiger partial charge < -0.3 is 15.0 Å². The van der Waals surface area contributed by atoms with E-state index < -0.39 is 0 Å². The Morgan fingerprint density at radius 3 is 2.70 bits per heavy atom. The minimum atomic E-state index is -0.300. The molecule has 0 unspecified atom stereocenters. The molecule has 2 aromatic carbocycles. The van der Waals surface area contributed by atoms with Crippen molar-refractivity contribution in [1.82, 2.24) is 15.1 Å². The Hall–Kier alpha value is -3.52. The fourth-order valence-corrected chi connectivity index (χ4v) is 4.10. The van der Waals surface area contributed by atoms with Crippen molar-refractivity contribution in [1.29, 1.82) is 0 Å². The number of nitrogens with one attached hydrogen (secondary N) is 2. The van der Waals surface area contributed by atoms with Gasteiger partial charge in [-0.15, -0.1) is 0 Å². The topological polar surface area (TPSA) is 104 Å². The third kappa shape index (κ3) is 5.28. The summed E-state index contributed by atoms with van der Waals surface area (Å²) in [5, 5.41) is 10.6. The summed E-state index contributed by atoms with van der Waals surface area (Å²) in [6.07, 6.45) is 1.67. The summed E-state index contributed by atoms with van der Waals surface area (Å²) in [6, 6.07) is 12.8. The number of aryl methyl sites for hydroxylation is 1. The number of hydrogen-bond donors (Lipinski definition) is 2. The molecule has 8 nitrogen and oxygen atoms in total. The van der Waals surface area contributed by atoms with E-state index in [1.54, 1.807) is 24.3 Å². The van der Waals surface area contributed by atoms with E-state index in [0.717, 1.165) is 29.7 Å². The van der Waals surface area contributed by atoms with Gasteiger partial charge >= 0.3 is 0 Å². The van der Waals surface area contributed by atoms with Crippen LogP contribution in [0.3, 0.4) is 0 Å². The van der Waals surface area contributed by atoms with E-state index in [-0.39, 0.29) is 36.4 Å². The molecule has 1 aromatic heterocycles. The molecule has 1 aliphatic heterocycles. The number of H-pyrrole nitrogens is 1. The quantitative estimate of drug-likeness (QED) is 0.578. The van der Waals surface area contributed by atoms with Crippen LogP contribution in [0.5, 0.6) is 0 Å². The zero-order chi connectivity index (χ0) is 23.4. The molecule has 172 valence electrons. The molecule has 1 aliphatic rings. The Bertz CT molecular complexity index is 1230. The van der Waals surface area contributed by atoms with E-state index in [0.29, 0.717) is 29.6 Å². The van der Waals surface area contributed by atoms with Crippen molar-refractivity contribution >= 4 is 28.3 Å². The van der Waals surface area contributed by atoms with Crippen molar-refractivity contribution < 1.29 is 14.3 Å². The number of anilines is 1. The van der Waals surface area contributed by atoms with Gasteiger partial charge in [-0.3, -0.25) is 14.4 Å². The fraction of sp³-hybridized carbons (Fsp3) is 0.360. The van der Waals surface area contributed by atoms with Crippen LogP contribution in [0.15, 0.2) is 47.3 Å². The predicted octanol–water partition coefficient (Wildman–Crippen LogP) is 2.73. The van der Waals surface area contributed by atoms with Gasteiger partial charge in [-0.05, 0) is 49.9 Å². The van der Waals surface area contributed by atoms with E-state index in [1.807, 2.05) is 32.0 Å². The van der Waals surface area contributed by atoms with Gasteiger partial charge in [-0.1, -0.05) is 30.3 Å². The molecule has 2 heterocycles. The SMILES string of the molecule is Cc1cccc(NC(=O)CN(C[C@H]2CCCO2)C(=O)Cc2n[nH]c(=O)c3ccccc23)c1C. The number of nitrogens with zero attached hydrogens (tertiary/aromatic N) is 2. The number of hydrogen-bond acceptors (Lipinski definition) is 5. The average molecular weight is 449 g/mol. The monoisotopic (exact) mass is 448 g/mol. The Morgan fingerprint density at radius 1 is 1.15 bits per heavy atom. The first kappa shape index (κ1) is 22.7. The van der Waals surface area contributed by atoms with Crippen molar-refractivity contribution in [3.8, 4) is 0 Å². The van der Waals surface area contributed by atoms with Crippen LogP contribution in [0.2, 0.25) is 0 Å². The van der Waals surface area contributed by atoms with Crippen molar-refractivity contribution in [2.24, 2.45) is 0 Å². The van der Waals surface area contributed by atoms with Gasteiger partial charge in [-0.25, -0.2) is 5.10 Å². The zero-order valence-electron chi connectivity index (χ0n) is 18.9. The van der Waals surface area contributed by atoms with Crippen LogP contribution in [0, 0.1) is 13.8 Å². The van der Waals surface area contributed by atoms with E-state index in [1.165, 1.54) is 4.90 Å². The second-order valence-corrected chi connectivity index (χ2v) is 8.43. The number of benzene rings is 2. The van der Waals surface area contributed by atoms with Crippen LogP contribution in [-0.2, 0) is 20.7 Å². The molecular weight excluding hydrogens is 420 g/mol. The molecular formula is C25H28N4O4. The molecule has 3 aromatic rings. The first-order valence-electron chi connectivity index (χ1n) is 11.1. The lowest BCUT2D eigenvalue weighted by molar-refractivity contribution is -0.135. The molecule has 0 saturated carbocycles. The Labute approximate surface area is 191 Å². The summed E-state index contributed by atoms with van der Waals surface area (Å²) >= 11 is 0. The summed E-state index contributed by atoms with van der Waals surface area (Å²) in [6.45, 7) is 4.84. The lowest BCUT2D eigenvalue weighted by Gasteiger charge is -2.25. The first-order valence-corrected chi connectivity index (χ1v) is 11.1. The maximum atomic E-state index is 13.3. The normalized spacial score (nSPS) is 15.5. The minimum absolute atomic E-state index is 0.0270. The molecule has 0 spiro atoms. The molecule has 0 aliphatic carbocycles. The molecule has 8 heteroatoms. The smallest absolute Gasteiger partial charge is 0.272 e. The first-order chi connectivity index (χ1) is 15.9. The van der Waals surface area contributed by atoms with Crippen LogP contribution < -0.4 is 10.9 Å². The average Bonchev–Trinajstić information content (AvgIpc) is 3.32. The molecule has 1 atom stereocenters. The maximum Gasteiger partial charge on any atom is 0.272 e. The highest BCUT2D eigenvalue weighted by Gasteiger charge is 2.25. The third-order valence-electron chi connectivity index (χ3n) is 6.11. The van der Waals surface area contributed by atoms with Gasteiger partial charge in [0.05, 0.1) is 30.1 Å². The summed E-state index contributed by atoms with van der Waals surface area (Å²) in [5.41, 5.74) is 2.98. The Balaban J connectivity index is 1.53. The third-order valence-corrected chi connectivity index (χ3v) is 6.11. The number of rotatable bonds is 7. The molecule has 33 heavy (non-hydrogen) atoms. The standard InChI is InChI=1S/C25H28N4O4/c1-16-7-5-11-21(17(16)2)26-23(30)15-29(14-18-8-6-12-33-18)24(31)13-22-19-9-3-4-10-20(19)25(32)28-27-22/h3-5,7,9-11,18H,6,8,12-15H2,1-2H3,(H,26,30)(H,28,32)/t18-/m1/s1. The van der Waals surface area contributed by atoms with Crippen molar-refractivity contribution in [3.63, 3.8) is 0 Å². The molecule has 2 N–H and O–H groups in total. The fourth-order valence-electron chi connectivity index (χ4n) is 4.10. The number of carbonyl (C=O) groups excluding carboxylic acids is 2. The Morgan fingerprint density at radius 2 is 1.94 bits per heavy atom. The molecule has 0 bridgehead atoms. The van der Waals surface area contributed by atoms with Crippen molar-refractivity contribution in [3.05, 3.63) is 69.6 Å². The minimum Gasteiger partial charge on any atom is -0.376 e.